The van der Waals surface area contributed by atoms with Crippen LogP contribution in [-0.4, -0.2) is 12.8 Å². The molecule has 0 atom stereocenters. The summed E-state index contributed by atoms with van der Waals surface area (Å²) in [4.78, 5) is 10.8. The first kappa shape index (κ1) is 9.55. The molecule has 0 N–H and O–H groups in total. The van der Waals surface area contributed by atoms with Crippen molar-refractivity contribution in [2.24, 2.45) is 0 Å². The summed E-state index contributed by atoms with van der Waals surface area (Å²) in [6, 6.07) is 4.54. The number of rotatable bonds is 2. The van der Waals surface area contributed by atoms with E-state index in [2.05, 4.69) is 0 Å². The van der Waals surface area contributed by atoms with E-state index in [1.54, 1.807) is 6.07 Å². The van der Waals surface area contributed by atoms with Crippen LogP contribution in [-0.2, 0) is 0 Å². The molecule has 12 heavy (non-hydrogen) atoms. The first-order valence-electron chi connectivity index (χ1n) is 3.20. The molecule has 0 spiro atoms. The molecule has 1 aromatic rings. The molecule has 0 fully saturated rings. The van der Waals surface area contributed by atoms with Crippen LogP contribution in [0.15, 0.2) is 18.2 Å². The molecule has 0 bridgehead atoms. The Morgan fingerprint density at radius 1 is 1.50 bits per heavy atom. The SMILES string of the molecule is O=C(Cl)c1c(Cl)cccc1BF. The number of carbonyl (C=O) groups is 1. The Balaban J connectivity index is 3.29. The van der Waals surface area contributed by atoms with E-state index >= 15 is 0 Å². The summed E-state index contributed by atoms with van der Waals surface area (Å²) in [5.74, 6) is 0. The molecule has 62 valence electrons. The molecule has 1 aromatic carbocycles. The Morgan fingerprint density at radius 3 is 2.58 bits per heavy atom. The molecule has 1 rings (SSSR count). The molecular formula is C7H4BCl2FO. The number of halogens is 3. The van der Waals surface area contributed by atoms with Gasteiger partial charge in [-0.3, -0.25) is 4.79 Å². The van der Waals surface area contributed by atoms with Crippen LogP contribution in [0.2, 0.25) is 5.02 Å². The monoisotopic (exact) mass is 204 g/mol. The van der Waals surface area contributed by atoms with Crippen LogP contribution in [0.25, 0.3) is 0 Å². The van der Waals surface area contributed by atoms with Gasteiger partial charge in [-0.15, -0.1) is 0 Å². The Morgan fingerprint density at radius 2 is 2.17 bits per heavy atom. The average Bonchev–Trinajstić information content (AvgIpc) is 2.03. The summed E-state index contributed by atoms with van der Waals surface area (Å²) in [5.41, 5.74) is 0.283. The summed E-state index contributed by atoms with van der Waals surface area (Å²) in [5, 5.41) is -0.543. The third-order valence-electron chi connectivity index (χ3n) is 1.44. The van der Waals surface area contributed by atoms with Crippen molar-refractivity contribution in [2.75, 3.05) is 0 Å². The van der Waals surface area contributed by atoms with Gasteiger partial charge in [-0.25, -0.2) is 0 Å². The number of benzene rings is 1. The third-order valence-corrected chi connectivity index (χ3v) is 1.94. The largest absolute Gasteiger partial charge is 0.364 e. The zero-order valence-electron chi connectivity index (χ0n) is 5.98. The summed E-state index contributed by atoms with van der Waals surface area (Å²) in [7, 11) is -0.742. The summed E-state index contributed by atoms with van der Waals surface area (Å²) in [6.45, 7) is 0. The van der Waals surface area contributed by atoms with Crippen LogP contribution in [0.4, 0.5) is 4.32 Å². The lowest BCUT2D eigenvalue weighted by Crippen LogP contribution is -2.18. The van der Waals surface area contributed by atoms with Crippen molar-refractivity contribution in [1.29, 1.82) is 0 Å². The van der Waals surface area contributed by atoms with Gasteiger partial charge < -0.3 is 4.32 Å². The highest BCUT2D eigenvalue weighted by molar-refractivity contribution is 6.71. The van der Waals surface area contributed by atoms with Gasteiger partial charge in [0.2, 0.25) is 0 Å². The maximum Gasteiger partial charge on any atom is 0.364 e. The molecule has 0 aromatic heterocycles. The topological polar surface area (TPSA) is 17.1 Å². The smallest absolute Gasteiger partial charge is 0.335 e. The molecule has 5 heteroatoms. The second-order valence-corrected chi connectivity index (χ2v) is 2.93. The molecule has 0 radical (unpaired) electrons. The van der Waals surface area contributed by atoms with Crippen molar-refractivity contribution in [2.45, 2.75) is 0 Å². The molecular weight excluding hydrogens is 201 g/mol. The van der Waals surface area contributed by atoms with Crippen LogP contribution >= 0.6 is 23.2 Å². The van der Waals surface area contributed by atoms with E-state index in [1.807, 2.05) is 0 Å². The maximum absolute atomic E-state index is 12.3. The normalized spacial score (nSPS) is 9.58. The first-order valence-corrected chi connectivity index (χ1v) is 3.95. The molecule has 0 aliphatic rings. The predicted octanol–water partition coefficient (Wildman–Crippen LogP) is 1.67. The molecule has 1 nitrogen and oxygen atoms in total. The van der Waals surface area contributed by atoms with E-state index in [0.717, 1.165) is 0 Å². The minimum Gasteiger partial charge on any atom is -0.335 e. The van der Waals surface area contributed by atoms with Gasteiger partial charge in [-0.05, 0) is 23.1 Å². The van der Waals surface area contributed by atoms with Gasteiger partial charge in [-0.2, -0.15) is 0 Å². The number of hydrogen-bond acceptors (Lipinski definition) is 1. The summed E-state index contributed by atoms with van der Waals surface area (Å²) < 4.78 is 12.3. The predicted molar refractivity (Wildman–Crippen MR) is 49.5 cm³/mol. The lowest BCUT2D eigenvalue weighted by atomic mass is 9.87. The Bertz CT molecular complexity index is 316. The second kappa shape index (κ2) is 3.92. The lowest BCUT2D eigenvalue weighted by molar-refractivity contribution is 0.108. The van der Waals surface area contributed by atoms with Crippen molar-refractivity contribution in [3.8, 4) is 0 Å². The van der Waals surface area contributed by atoms with Gasteiger partial charge in [0.1, 0.15) is 0 Å². The highest BCUT2D eigenvalue weighted by Gasteiger charge is 2.13. The molecule has 0 unspecified atom stereocenters. The average molecular weight is 205 g/mol. The van der Waals surface area contributed by atoms with Gasteiger partial charge in [-0.1, -0.05) is 23.7 Å². The van der Waals surface area contributed by atoms with Crippen LogP contribution in [0, 0.1) is 0 Å². The molecule has 0 aliphatic carbocycles. The van der Waals surface area contributed by atoms with Gasteiger partial charge in [0.15, 0.2) is 0 Å². The van der Waals surface area contributed by atoms with Crippen molar-refractivity contribution < 1.29 is 9.11 Å². The van der Waals surface area contributed by atoms with Gasteiger partial charge >= 0.3 is 7.56 Å². The van der Waals surface area contributed by atoms with Crippen LogP contribution < -0.4 is 5.46 Å². The standard InChI is InChI=1S/C7H4BCl2FO/c9-5-3-1-2-4(8-11)6(5)7(10)12/h1-3,8H. The summed E-state index contributed by atoms with van der Waals surface area (Å²) in [6.07, 6.45) is 0. The van der Waals surface area contributed by atoms with E-state index in [9.17, 15) is 9.11 Å². The van der Waals surface area contributed by atoms with Gasteiger partial charge in [0.05, 0.1) is 5.02 Å². The Labute approximate surface area is 79.8 Å². The third kappa shape index (κ3) is 1.79. The zero-order chi connectivity index (χ0) is 9.14. The van der Waals surface area contributed by atoms with Crippen LogP contribution in [0.5, 0.6) is 0 Å². The fraction of sp³-hybridized carbons (Fsp3) is 0. The number of hydrogen-bond donors (Lipinski definition) is 0. The molecule has 0 amide bonds. The quantitative estimate of drug-likeness (QED) is 0.529. The van der Waals surface area contributed by atoms with E-state index in [1.165, 1.54) is 12.1 Å². The van der Waals surface area contributed by atoms with Gasteiger partial charge in [0.25, 0.3) is 5.24 Å². The van der Waals surface area contributed by atoms with Crippen molar-refractivity contribution in [1.82, 2.24) is 0 Å². The van der Waals surface area contributed by atoms with E-state index in [4.69, 9.17) is 23.2 Å². The van der Waals surface area contributed by atoms with Crippen LogP contribution in [0.1, 0.15) is 10.4 Å². The molecule has 0 saturated heterocycles. The maximum atomic E-state index is 12.3. The van der Waals surface area contributed by atoms with E-state index in [-0.39, 0.29) is 16.0 Å². The van der Waals surface area contributed by atoms with E-state index in [0.29, 0.717) is 0 Å². The summed E-state index contributed by atoms with van der Waals surface area (Å²) >= 11 is 10.8. The second-order valence-electron chi connectivity index (χ2n) is 2.18. The fourth-order valence-electron chi connectivity index (χ4n) is 0.900. The Hall–Kier alpha value is -0.535. The van der Waals surface area contributed by atoms with E-state index < -0.39 is 12.8 Å². The van der Waals surface area contributed by atoms with Crippen LogP contribution in [0.3, 0.4) is 0 Å². The molecule has 0 aliphatic heterocycles. The molecule has 0 saturated carbocycles. The minimum absolute atomic E-state index is 0.0586. The molecule has 0 heterocycles. The Kier molecular flexibility index (Phi) is 3.12. The van der Waals surface area contributed by atoms with Gasteiger partial charge in [0, 0.05) is 5.56 Å². The highest BCUT2D eigenvalue weighted by Crippen LogP contribution is 2.15. The number of carbonyl (C=O) groups excluding carboxylic acids is 1. The van der Waals surface area contributed by atoms with Crippen molar-refractivity contribution in [3.63, 3.8) is 0 Å². The zero-order valence-corrected chi connectivity index (χ0v) is 7.49. The highest BCUT2D eigenvalue weighted by atomic mass is 35.5. The first-order chi connectivity index (χ1) is 5.66. The fourth-order valence-corrected chi connectivity index (χ4v) is 1.45. The van der Waals surface area contributed by atoms with Crippen molar-refractivity contribution >= 4 is 41.5 Å². The lowest BCUT2D eigenvalue weighted by Gasteiger charge is -2.01. The minimum atomic E-state index is -0.742. The van der Waals surface area contributed by atoms with Crippen molar-refractivity contribution in [3.05, 3.63) is 28.8 Å².